The molecule has 0 radical (unpaired) electrons. The van der Waals surface area contributed by atoms with Crippen molar-refractivity contribution in [1.29, 1.82) is 0 Å². The lowest BCUT2D eigenvalue weighted by Crippen LogP contribution is -1.94. The van der Waals surface area contributed by atoms with Crippen molar-refractivity contribution in [3.8, 4) is 22.7 Å². The summed E-state index contributed by atoms with van der Waals surface area (Å²) < 4.78 is 3.66. The number of benzene rings is 2. The van der Waals surface area contributed by atoms with Crippen LogP contribution in [0.3, 0.4) is 0 Å². The molecule has 3 rings (SSSR count). The largest absolute Gasteiger partial charge is 0.504 e. The van der Waals surface area contributed by atoms with Crippen LogP contribution in [0.25, 0.3) is 16.9 Å². The highest BCUT2D eigenvalue weighted by Crippen LogP contribution is 2.29. The highest BCUT2D eigenvalue weighted by atomic mass is 79.9. The van der Waals surface area contributed by atoms with Gasteiger partial charge in [-0.25, -0.2) is 4.68 Å². The Morgan fingerprint density at radius 1 is 0.850 bits per heavy atom. The maximum absolute atomic E-state index is 10.1. The third-order valence-corrected chi connectivity index (χ3v) is 3.96. The normalized spacial score (nSPS) is 10.7. The van der Waals surface area contributed by atoms with Crippen LogP contribution in [0.1, 0.15) is 0 Å². The fourth-order valence-electron chi connectivity index (χ4n) is 1.90. The van der Waals surface area contributed by atoms with E-state index in [0.717, 1.165) is 20.2 Å². The molecule has 0 fully saturated rings. The van der Waals surface area contributed by atoms with Gasteiger partial charge in [-0.05, 0) is 36.4 Å². The van der Waals surface area contributed by atoms with E-state index in [1.54, 1.807) is 10.9 Å². The van der Waals surface area contributed by atoms with Crippen LogP contribution in [0.2, 0.25) is 0 Å². The van der Waals surface area contributed by atoms with Gasteiger partial charge < -0.3 is 5.11 Å². The first kappa shape index (κ1) is 13.4. The smallest absolute Gasteiger partial charge is 0.162 e. The van der Waals surface area contributed by atoms with E-state index in [1.807, 2.05) is 48.5 Å². The Morgan fingerprint density at radius 3 is 2.00 bits per heavy atom. The molecule has 0 saturated carbocycles. The van der Waals surface area contributed by atoms with Crippen molar-refractivity contribution < 1.29 is 5.11 Å². The predicted octanol–water partition coefficient (Wildman–Crippen LogP) is 4.77. The molecule has 0 aliphatic carbocycles. The van der Waals surface area contributed by atoms with E-state index in [2.05, 4.69) is 37.0 Å². The number of nitrogens with zero attached hydrogens (tertiary/aromatic N) is 2. The van der Waals surface area contributed by atoms with Crippen molar-refractivity contribution in [1.82, 2.24) is 9.78 Å². The molecule has 5 heteroatoms. The van der Waals surface area contributed by atoms with Gasteiger partial charge in [-0.15, -0.1) is 0 Å². The van der Waals surface area contributed by atoms with Crippen LogP contribution < -0.4 is 0 Å². The summed E-state index contributed by atoms with van der Waals surface area (Å²) in [4.78, 5) is 0. The van der Waals surface area contributed by atoms with Crippen molar-refractivity contribution in [2.45, 2.75) is 0 Å². The maximum Gasteiger partial charge on any atom is 0.162 e. The second kappa shape index (κ2) is 5.42. The van der Waals surface area contributed by atoms with E-state index in [4.69, 9.17) is 0 Å². The van der Waals surface area contributed by atoms with E-state index < -0.39 is 0 Å². The van der Waals surface area contributed by atoms with Crippen LogP contribution in [0, 0.1) is 0 Å². The fourth-order valence-corrected chi connectivity index (χ4v) is 2.43. The Hall–Kier alpha value is -1.59. The minimum absolute atomic E-state index is 0.162. The predicted molar refractivity (Wildman–Crippen MR) is 86.1 cm³/mol. The van der Waals surface area contributed by atoms with E-state index in [0.29, 0.717) is 5.69 Å². The second-order valence-electron chi connectivity index (χ2n) is 4.29. The van der Waals surface area contributed by atoms with Gasteiger partial charge in [-0.3, -0.25) is 0 Å². The molecule has 20 heavy (non-hydrogen) atoms. The summed E-state index contributed by atoms with van der Waals surface area (Å²) in [6, 6.07) is 15.4. The summed E-state index contributed by atoms with van der Waals surface area (Å²) in [6.45, 7) is 0. The Bertz CT molecular complexity index is 734. The molecule has 0 bridgehead atoms. The molecule has 0 aliphatic rings. The molecular formula is C15H10Br2N2O. The average molecular weight is 394 g/mol. The first-order chi connectivity index (χ1) is 9.63. The van der Waals surface area contributed by atoms with E-state index in [-0.39, 0.29) is 5.75 Å². The van der Waals surface area contributed by atoms with Gasteiger partial charge in [-0.1, -0.05) is 44.0 Å². The lowest BCUT2D eigenvalue weighted by molar-refractivity contribution is 0.477. The zero-order valence-electron chi connectivity index (χ0n) is 10.3. The van der Waals surface area contributed by atoms with Crippen molar-refractivity contribution >= 4 is 31.9 Å². The monoisotopic (exact) mass is 392 g/mol. The quantitative estimate of drug-likeness (QED) is 0.680. The van der Waals surface area contributed by atoms with Crippen molar-refractivity contribution in [3.05, 3.63) is 63.7 Å². The van der Waals surface area contributed by atoms with Gasteiger partial charge in [0.05, 0.1) is 11.9 Å². The van der Waals surface area contributed by atoms with Gasteiger partial charge in [0.15, 0.2) is 5.75 Å². The van der Waals surface area contributed by atoms with Crippen LogP contribution in [-0.4, -0.2) is 14.9 Å². The number of aromatic nitrogens is 2. The van der Waals surface area contributed by atoms with Gasteiger partial charge in [0, 0.05) is 14.5 Å². The number of hydrogen-bond acceptors (Lipinski definition) is 2. The summed E-state index contributed by atoms with van der Waals surface area (Å²) in [5.41, 5.74) is 2.34. The molecule has 100 valence electrons. The minimum Gasteiger partial charge on any atom is -0.504 e. The van der Waals surface area contributed by atoms with Crippen LogP contribution in [0.5, 0.6) is 5.75 Å². The Morgan fingerprint density at radius 2 is 1.40 bits per heavy atom. The number of halogens is 2. The molecule has 1 aromatic heterocycles. The summed E-state index contributed by atoms with van der Waals surface area (Å²) in [5, 5.41) is 14.5. The van der Waals surface area contributed by atoms with Crippen LogP contribution in [0.15, 0.2) is 63.7 Å². The van der Waals surface area contributed by atoms with E-state index in [9.17, 15) is 5.11 Å². The van der Waals surface area contributed by atoms with E-state index >= 15 is 0 Å². The molecule has 1 heterocycles. The van der Waals surface area contributed by atoms with Gasteiger partial charge in [0.25, 0.3) is 0 Å². The van der Waals surface area contributed by atoms with Gasteiger partial charge >= 0.3 is 0 Å². The van der Waals surface area contributed by atoms with Crippen LogP contribution in [0.4, 0.5) is 0 Å². The van der Waals surface area contributed by atoms with Crippen LogP contribution >= 0.6 is 31.9 Å². The Balaban J connectivity index is 2.02. The van der Waals surface area contributed by atoms with Gasteiger partial charge in [-0.2, -0.15) is 5.10 Å². The molecule has 1 N–H and O–H groups in total. The van der Waals surface area contributed by atoms with Gasteiger partial charge in [0.1, 0.15) is 5.69 Å². The van der Waals surface area contributed by atoms with Crippen molar-refractivity contribution in [3.63, 3.8) is 0 Å². The standard InChI is InChI=1S/C15H10Br2N2O/c16-11-3-1-10(2-4-11)15-14(20)9-19(18-15)13-7-5-12(17)6-8-13/h1-9,20H. The molecule has 0 spiro atoms. The number of hydrogen-bond donors (Lipinski definition) is 1. The highest BCUT2D eigenvalue weighted by Gasteiger charge is 2.11. The SMILES string of the molecule is Oc1cn(-c2ccc(Br)cc2)nc1-c1ccc(Br)cc1. The molecule has 0 atom stereocenters. The maximum atomic E-state index is 10.1. The lowest BCUT2D eigenvalue weighted by atomic mass is 10.1. The summed E-state index contributed by atoms with van der Waals surface area (Å²) in [6.07, 6.45) is 1.61. The first-order valence-electron chi connectivity index (χ1n) is 5.94. The number of rotatable bonds is 2. The zero-order valence-corrected chi connectivity index (χ0v) is 13.5. The lowest BCUT2D eigenvalue weighted by Gasteiger charge is -2.01. The minimum atomic E-state index is 0.162. The molecule has 3 nitrogen and oxygen atoms in total. The van der Waals surface area contributed by atoms with Gasteiger partial charge in [0.2, 0.25) is 0 Å². The topological polar surface area (TPSA) is 38.0 Å². The zero-order chi connectivity index (χ0) is 14.1. The molecule has 0 saturated heterocycles. The highest BCUT2D eigenvalue weighted by molar-refractivity contribution is 9.10. The number of aromatic hydroxyl groups is 1. The second-order valence-corrected chi connectivity index (χ2v) is 6.12. The third-order valence-electron chi connectivity index (χ3n) is 2.90. The Labute approximate surface area is 133 Å². The molecule has 2 aromatic carbocycles. The van der Waals surface area contributed by atoms with Crippen molar-refractivity contribution in [2.75, 3.05) is 0 Å². The summed E-state index contributed by atoms with van der Waals surface area (Å²) in [7, 11) is 0. The third kappa shape index (κ3) is 2.64. The van der Waals surface area contributed by atoms with E-state index in [1.165, 1.54) is 0 Å². The molecule has 0 aliphatic heterocycles. The first-order valence-corrected chi connectivity index (χ1v) is 7.52. The molecule has 3 aromatic rings. The molecule has 0 unspecified atom stereocenters. The molecular weight excluding hydrogens is 384 g/mol. The summed E-state index contributed by atoms with van der Waals surface area (Å²) >= 11 is 6.79. The fraction of sp³-hybridized carbons (Fsp3) is 0. The summed E-state index contributed by atoms with van der Waals surface area (Å²) in [5.74, 6) is 0.162. The molecule has 0 amide bonds. The van der Waals surface area contributed by atoms with Crippen molar-refractivity contribution in [2.24, 2.45) is 0 Å². The Kier molecular flexibility index (Phi) is 3.63. The van der Waals surface area contributed by atoms with Crippen LogP contribution in [-0.2, 0) is 0 Å². The average Bonchev–Trinajstić information content (AvgIpc) is 2.82.